The molecular formula is C11H20N4O5. The van der Waals surface area contributed by atoms with E-state index in [1.807, 2.05) is 13.8 Å². The SMILES string of the molecule is CC(C)CN(CC(N)=O)C(=O)NC(CC(N)=O)C(=O)O. The Balaban J connectivity index is 4.81. The maximum Gasteiger partial charge on any atom is 0.326 e. The number of nitrogens with zero attached hydrogens (tertiary/aromatic N) is 1. The average Bonchev–Trinajstić information content (AvgIpc) is 2.24. The summed E-state index contributed by atoms with van der Waals surface area (Å²) in [4.78, 5) is 45.5. The van der Waals surface area contributed by atoms with E-state index in [-0.39, 0.29) is 19.0 Å². The summed E-state index contributed by atoms with van der Waals surface area (Å²) in [6.45, 7) is 3.52. The number of primary amides is 2. The minimum Gasteiger partial charge on any atom is -0.480 e. The zero-order chi connectivity index (χ0) is 15.9. The molecule has 6 N–H and O–H groups in total. The third-order valence-corrected chi connectivity index (χ3v) is 2.22. The van der Waals surface area contributed by atoms with Gasteiger partial charge in [0.2, 0.25) is 11.8 Å². The molecular weight excluding hydrogens is 268 g/mol. The Morgan fingerprint density at radius 1 is 1.15 bits per heavy atom. The van der Waals surface area contributed by atoms with E-state index in [2.05, 4.69) is 5.32 Å². The van der Waals surface area contributed by atoms with Gasteiger partial charge in [-0.2, -0.15) is 0 Å². The van der Waals surface area contributed by atoms with Crippen molar-refractivity contribution in [1.82, 2.24) is 10.2 Å². The first-order valence-corrected chi connectivity index (χ1v) is 5.98. The van der Waals surface area contributed by atoms with E-state index in [0.29, 0.717) is 0 Å². The van der Waals surface area contributed by atoms with Crippen LogP contribution in [0.4, 0.5) is 4.79 Å². The van der Waals surface area contributed by atoms with E-state index in [4.69, 9.17) is 16.6 Å². The molecule has 0 aliphatic carbocycles. The third kappa shape index (κ3) is 7.19. The number of aliphatic carboxylic acids is 1. The first-order chi connectivity index (χ1) is 9.13. The number of nitrogens with one attached hydrogen (secondary N) is 1. The molecule has 0 aromatic rings. The number of nitrogens with two attached hydrogens (primary N) is 2. The van der Waals surface area contributed by atoms with Gasteiger partial charge in [0.25, 0.3) is 0 Å². The van der Waals surface area contributed by atoms with Gasteiger partial charge < -0.3 is 26.8 Å². The van der Waals surface area contributed by atoms with Gasteiger partial charge in [-0.15, -0.1) is 0 Å². The lowest BCUT2D eigenvalue weighted by Crippen LogP contribution is -2.51. The van der Waals surface area contributed by atoms with Crippen LogP contribution in [0.25, 0.3) is 0 Å². The molecule has 114 valence electrons. The summed E-state index contributed by atoms with van der Waals surface area (Å²) in [5.74, 6) is -2.91. The molecule has 0 aromatic heterocycles. The lowest BCUT2D eigenvalue weighted by atomic mass is 10.2. The minimum atomic E-state index is -1.44. The van der Waals surface area contributed by atoms with Crippen LogP contribution in [0.15, 0.2) is 0 Å². The second kappa shape index (κ2) is 7.97. The van der Waals surface area contributed by atoms with Gasteiger partial charge in [-0.1, -0.05) is 13.8 Å². The van der Waals surface area contributed by atoms with Crippen molar-refractivity contribution >= 4 is 23.8 Å². The van der Waals surface area contributed by atoms with Crippen molar-refractivity contribution in [2.45, 2.75) is 26.3 Å². The summed E-state index contributed by atoms with van der Waals surface area (Å²) in [5, 5.41) is 11.0. The Labute approximate surface area is 116 Å². The predicted molar refractivity (Wildman–Crippen MR) is 69.4 cm³/mol. The lowest BCUT2D eigenvalue weighted by Gasteiger charge is -2.25. The molecule has 0 aliphatic heterocycles. The van der Waals surface area contributed by atoms with Gasteiger partial charge in [-0.05, 0) is 5.92 Å². The highest BCUT2D eigenvalue weighted by molar-refractivity contribution is 5.89. The highest BCUT2D eigenvalue weighted by Gasteiger charge is 2.25. The molecule has 9 heteroatoms. The summed E-state index contributed by atoms with van der Waals surface area (Å²) in [6, 6.07) is -2.23. The smallest absolute Gasteiger partial charge is 0.326 e. The monoisotopic (exact) mass is 288 g/mol. The molecule has 0 heterocycles. The van der Waals surface area contributed by atoms with Crippen LogP contribution in [-0.4, -0.2) is 53.0 Å². The van der Waals surface area contributed by atoms with Gasteiger partial charge in [0.1, 0.15) is 12.6 Å². The molecule has 4 amide bonds. The summed E-state index contributed by atoms with van der Waals surface area (Å²) in [5.41, 5.74) is 9.93. The second-order valence-corrected chi connectivity index (χ2v) is 4.75. The zero-order valence-corrected chi connectivity index (χ0v) is 11.5. The predicted octanol–water partition coefficient (Wildman–Crippen LogP) is -1.53. The number of carboxylic acids is 1. The number of hydrogen-bond acceptors (Lipinski definition) is 4. The Bertz CT molecular complexity index is 396. The Hall–Kier alpha value is -2.32. The number of carbonyl (C=O) groups is 4. The second-order valence-electron chi connectivity index (χ2n) is 4.75. The zero-order valence-electron chi connectivity index (χ0n) is 11.5. The molecule has 0 aromatic carbocycles. The fourth-order valence-corrected chi connectivity index (χ4v) is 1.49. The van der Waals surface area contributed by atoms with Crippen molar-refractivity contribution in [3.8, 4) is 0 Å². The van der Waals surface area contributed by atoms with Crippen molar-refractivity contribution in [1.29, 1.82) is 0 Å². The van der Waals surface area contributed by atoms with Gasteiger partial charge in [0.15, 0.2) is 0 Å². The minimum absolute atomic E-state index is 0.0551. The van der Waals surface area contributed by atoms with Crippen molar-refractivity contribution in [3.05, 3.63) is 0 Å². The fourth-order valence-electron chi connectivity index (χ4n) is 1.49. The first kappa shape index (κ1) is 17.7. The summed E-state index contributed by atoms with van der Waals surface area (Å²) >= 11 is 0. The number of rotatable bonds is 8. The largest absolute Gasteiger partial charge is 0.480 e. The molecule has 1 atom stereocenters. The molecule has 0 fully saturated rings. The van der Waals surface area contributed by atoms with E-state index in [1.54, 1.807) is 0 Å². The quantitative estimate of drug-likeness (QED) is 0.426. The summed E-state index contributed by atoms with van der Waals surface area (Å²) in [7, 11) is 0. The first-order valence-electron chi connectivity index (χ1n) is 5.98. The molecule has 0 radical (unpaired) electrons. The summed E-state index contributed by atoms with van der Waals surface area (Å²) < 4.78 is 0. The van der Waals surface area contributed by atoms with Crippen molar-refractivity contribution in [2.75, 3.05) is 13.1 Å². The fraction of sp³-hybridized carbons (Fsp3) is 0.636. The van der Waals surface area contributed by atoms with Gasteiger partial charge in [0.05, 0.1) is 6.42 Å². The number of urea groups is 1. The molecule has 9 nitrogen and oxygen atoms in total. The number of hydrogen-bond donors (Lipinski definition) is 4. The lowest BCUT2D eigenvalue weighted by molar-refractivity contribution is -0.140. The van der Waals surface area contributed by atoms with Gasteiger partial charge in [-0.3, -0.25) is 9.59 Å². The van der Waals surface area contributed by atoms with E-state index in [1.165, 1.54) is 0 Å². The third-order valence-electron chi connectivity index (χ3n) is 2.22. The van der Waals surface area contributed by atoms with E-state index in [0.717, 1.165) is 4.90 Å². The highest BCUT2D eigenvalue weighted by atomic mass is 16.4. The van der Waals surface area contributed by atoms with Gasteiger partial charge >= 0.3 is 12.0 Å². The molecule has 0 bridgehead atoms. The van der Waals surface area contributed by atoms with E-state index < -0.39 is 36.3 Å². The molecule has 0 rings (SSSR count). The molecule has 1 unspecified atom stereocenters. The van der Waals surface area contributed by atoms with Gasteiger partial charge in [-0.25, -0.2) is 9.59 Å². The van der Waals surface area contributed by atoms with Crippen LogP contribution in [-0.2, 0) is 14.4 Å². The topological polar surface area (TPSA) is 156 Å². The highest BCUT2D eigenvalue weighted by Crippen LogP contribution is 2.01. The molecule has 0 saturated heterocycles. The van der Waals surface area contributed by atoms with Crippen molar-refractivity contribution in [3.63, 3.8) is 0 Å². The number of carbonyl (C=O) groups excluding carboxylic acids is 3. The Morgan fingerprint density at radius 3 is 2.05 bits per heavy atom. The molecule has 20 heavy (non-hydrogen) atoms. The molecule has 0 saturated carbocycles. The maximum absolute atomic E-state index is 11.9. The number of carboxylic acid groups (broad SMARTS) is 1. The van der Waals surface area contributed by atoms with Crippen LogP contribution >= 0.6 is 0 Å². The van der Waals surface area contributed by atoms with Crippen molar-refractivity contribution < 1.29 is 24.3 Å². The van der Waals surface area contributed by atoms with E-state index in [9.17, 15) is 19.2 Å². The van der Waals surface area contributed by atoms with Crippen LogP contribution in [0.3, 0.4) is 0 Å². The standard InChI is InChI=1S/C11H20N4O5/c1-6(2)4-15(5-9(13)17)11(20)14-7(10(18)19)3-8(12)16/h6-7H,3-5H2,1-2H3,(H2,12,16)(H2,13,17)(H,14,20)(H,18,19). The number of amides is 4. The summed E-state index contributed by atoms with van der Waals surface area (Å²) in [6.07, 6.45) is -0.535. The Kier molecular flexibility index (Phi) is 7.05. The van der Waals surface area contributed by atoms with E-state index >= 15 is 0 Å². The Morgan fingerprint density at radius 2 is 1.70 bits per heavy atom. The average molecular weight is 288 g/mol. The van der Waals surface area contributed by atoms with Crippen LogP contribution in [0, 0.1) is 5.92 Å². The molecule has 0 aliphatic rings. The maximum atomic E-state index is 11.9. The normalized spacial score (nSPS) is 11.8. The molecule has 0 spiro atoms. The van der Waals surface area contributed by atoms with Crippen LogP contribution in [0.5, 0.6) is 0 Å². The van der Waals surface area contributed by atoms with Crippen LogP contribution in [0.1, 0.15) is 20.3 Å². The van der Waals surface area contributed by atoms with Crippen molar-refractivity contribution in [2.24, 2.45) is 17.4 Å². The van der Waals surface area contributed by atoms with Gasteiger partial charge in [0, 0.05) is 6.54 Å². The van der Waals surface area contributed by atoms with Crippen LogP contribution < -0.4 is 16.8 Å². The van der Waals surface area contributed by atoms with Crippen LogP contribution in [0.2, 0.25) is 0 Å².